The summed E-state index contributed by atoms with van der Waals surface area (Å²) in [6.07, 6.45) is 15.6. The molecular formula is C32H56O3Si. The summed E-state index contributed by atoms with van der Waals surface area (Å²) >= 11 is 0. The van der Waals surface area contributed by atoms with Crippen molar-refractivity contribution in [3.05, 3.63) is 11.6 Å². The molecular weight excluding hydrogens is 460 g/mol. The Hall–Kier alpha value is -0.613. The first-order chi connectivity index (χ1) is 16.7. The molecule has 4 aliphatic rings. The summed E-state index contributed by atoms with van der Waals surface area (Å²) in [5, 5.41) is 0. The standard InChI is InChI=1S/C32H56O3Si/c1-21(2)11-10-12-22(3)26-13-14-27-30-28(16-18-32(26,27)6)31(5)17-15-25(34-23(4)33)19-24(31)20-29(30)35-36(7,8)9/h20-22,25-30H,10-19H2,1-9H3/t22-,25+,26-,27+,28+,29+,30+,31+,32-/m1/s1. The van der Waals surface area contributed by atoms with Gasteiger partial charge in [-0.1, -0.05) is 65.5 Å². The van der Waals surface area contributed by atoms with Gasteiger partial charge in [-0.15, -0.1) is 0 Å². The van der Waals surface area contributed by atoms with Crippen LogP contribution in [0.2, 0.25) is 19.6 Å². The third-order valence-corrected chi connectivity index (χ3v) is 12.1. The maximum Gasteiger partial charge on any atom is 0.302 e. The minimum atomic E-state index is -1.71. The van der Waals surface area contributed by atoms with Gasteiger partial charge in [0.05, 0.1) is 6.10 Å². The summed E-state index contributed by atoms with van der Waals surface area (Å²) in [5.74, 6) is 4.49. The lowest BCUT2D eigenvalue weighted by atomic mass is 9.46. The quantitative estimate of drug-likeness (QED) is 0.184. The molecule has 9 atom stereocenters. The molecule has 4 heteroatoms. The van der Waals surface area contributed by atoms with E-state index >= 15 is 0 Å². The van der Waals surface area contributed by atoms with E-state index in [0.29, 0.717) is 17.3 Å². The molecule has 3 nitrogen and oxygen atoms in total. The van der Waals surface area contributed by atoms with Crippen molar-refractivity contribution in [3.8, 4) is 0 Å². The minimum absolute atomic E-state index is 0.0438. The summed E-state index contributed by atoms with van der Waals surface area (Å²) in [7, 11) is -1.71. The molecule has 0 aromatic rings. The Morgan fingerprint density at radius 1 is 1.03 bits per heavy atom. The number of esters is 1. The Labute approximate surface area is 223 Å². The number of fused-ring (bicyclic) bond motifs is 5. The van der Waals surface area contributed by atoms with Crippen molar-refractivity contribution in [1.82, 2.24) is 0 Å². The molecule has 0 aliphatic heterocycles. The van der Waals surface area contributed by atoms with Gasteiger partial charge >= 0.3 is 5.97 Å². The molecule has 0 N–H and O–H groups in total. The second-order valence-electron chi connectivity index (χ2n) is 15.1. The monoisotopic (exact) mass is 516 g/mol. The van der Waals surface area contributed by atoms with Crippen molar-refractivity contribution in [2.75, 3.05) is 0 Å². The number of ether oxygens (including phenoxy) is 1. The summed E-state index contributed by atoms with van der Waals surface area (Å²) in [5.41, 5.74) is 2.23. The zero-order valence-corrected chi connectivity index (χ0v) is 26.0. The number of carbonyl (C=O) groups is 1. The van der Waals surface area contributed by atoms with Gasteiger partial charge in [-0.3, -0.25) is 4.79 Å². The maximum atomic E-state index is 11.7. The SMILES string of the molecule is CC(=O)O[C@H]1CC[C@@]2(C)C(=C[C@H](O[Si](C)(C)C)[C@H]3[C@@H]4CC[C@H]([C@H](C)CCCC(C)C)[C@@]4(C)CC[C@@H]32)C1. The zero-order chi connectivity index (χ0) is 26.5. The van der Waals surface area contributed by atoms with E-state index in [0.717, 1.165) is 42.9 Å². The van der Waals surface area contributed by atoms with Crippen LogP contribution in [0.25, 0.3) is 0 Å². The average Bonchev–Trinajstić information content (AvgIpc) is 3.10. The first-order valence-electron chi connectivity index (χ1n) is 15.3. The van der Waals surface area contributed by atoms with Crippen LogP contribution in [0.5, 0.6) is 0 Å². The van der Waals surface area contributed by atoms with Crippen LogP contribution in [0.15, 0.2) is 11.6 Å². The third-order valence-electron chi connectivity index (χ3n) is 11.1. The topological polar surface area (TPSA) is 35.5 Å². The van der Waals surface area contributed by atoms with Crippen molar-refractivity contribution >= 4 is 14.3 Å². The lowest BCUT2D eigenvalue weighted by molar-refractivity contribution is -0.149. The first-order valence-corrected chi connectivity index (χ1v) is 18.7. The molecule has 0 spiro atoms. The molecule has 4 aliphatic carbocycles. The second kappa shape index (κ2) is 10.5. The van der Waals surface area contributed by atoms with Gasteiger partial charge in [0.2, 0.25) is 0 Å². The lowest BCUT2D eigenvalue weighted by Crippen LogP contribution is -2.56. The summed E-state index contributed by atoms with van der Waals surface area (Å²) in [6, 6.07) is 0. The highest BCUT2D eigenvalue weighted by atomic mass is 28.4. The lowest BCUT2D eigenvalue weighted by Gasteiger charge is -2.60. The Kier molecular flexibility index (Phi) is 8.29. The largest absolute Gasteiger partial charge is 0.462 e. The van der Waals surface area contributed by atoms with Crippen molar-refractivity contribution < 1.29 is 14.0 Å². The molecule has 0 amide bonds. The maximum absolute atomic E-state index is 11.7. The molecule has 0 saturated heterocycles. The summed E-state index contributed by atoms with van der Waals surface area (Å²) in [4.78, 5) is 11.7. The molecule has 36 heavy (non-hydrogen) atoms. The van der Waals surface area contributed by atoms with Gasteiger partial charge in [0.1, 0.15) is 6.10 Å². The van der Waals surface area contributed by atoms with Crippen LogP contribution < -0.4 is 0 Å². The van der Waals surface area contributed by atoms with E-state index in [4.69, 9.17) is 9.16 Å². The Morgan fingerprint density at radius 3 is 2.39 bits per heavy atom. The average molecular weight is 517 g/mol. The Bertz CT molecular complexity index is 828. The summed E-state index contributed by atoms with van der Waals surface area (Å²) in [6.45, 7) is 21.1. The van der Waals surface area contributed by atoms with Crippen LogP contribution in [0.3, 0.4) is 0 Å². The number of hydrogen-bond acceptors (Lipinski definition) is 3. The molecule has 206 valence electrons. The van der Waals surface area contributed by atoms with Gasteiger partial charge in [-0.2, -0.15) is 0 Å². The van der Waals surface area contributed by atoms with E-state index in [1.807, 2.05) is 0 Å². The summed E-state index contributed by atoms with van der Waals surface area (Å²) < 4.78 is 12.8. The van der Waals surface area contributed by atoms with E-state index in [9.17, 15) is 4.79 Å². The van der Waals surface area contributed by atoms with E-state index in [1.165, 1.54) is 50.5 Å². The minimum Gasteiger partial charge on any atom is -0.462 e. The van der Waals surface area contributed by atoms with Crippen molar-refractivity contribution in [2.24, 2.45) is 46.3 Å². The van der Waals surface area contributed by atoms with Crippen LogP contribution in [0.1, 0.15) is 106 Å². The van der Waals surface area contributed by atoms with Crippen molar-refractivity contribution in [1.29, 1.82) is 0 Å². The predicted molar refractivity (Wildman–Crippen MR) is 152 cm³/mol. The van der Waals surface area contributed by atoms with Crippen LogP contribution in [-0.2, 0) is 14.0 Å². The molecule has 4 rings (SSSR count). The van der Waals surface area contributed by atoms with Gasteiger partial charge < -0.3 is 9.16 Å². The fourth-order valence-corrected chi connectivity index (χ4v) is 10.5. The Morgan fingerprint density at radius 2 is 1.75 bits per heavy atom. The Balaban J connectivity index is 1.62. The third kappa shape index (κ3) is 5.56. The highest BCUT2D eigenvalue weighted by Crippen LogP contribution is 2.67. The van der Waals surface area contributed by atoms with E-state index in [-0.39, 0.29) is 23.6 Å². The van der Waals surface area contributed by atoms with Crippen LogP contribution >= 0.6 is 0 Å². The predicted octanol–water partition coefficient (Wildman–Crippen LogP) is 8.79. The molecule has 0 aromatic carbocycles. The normalized spacial score (nSPS) is 41.2. The molecule has 0 heterocycles. The van der Waals surface area contributed by atoms with Crippen LogP contribution in [0, 0.1) is 46.3 Å². The van der Waals surface area contributed by atoms with E-state index in [2.05, 4.69) is 60.3 Å². The first kappa shape index (κ1) is 28.4. The zero-order valence-electron chi connectivity index (χ0n) is 25.0. The van der Waals surface area contributed by atoms with Crippen molar-refractivity contribution in [3.63, 3.8) is 0 Å². The molecule has 0 bridgehead atoms. The molecule has 3 saturated carbocycles. The number of rotatable bonds is 8. The van der Waals surface area contributed by atoms with Crippen LogP contribution in [-0.4, -0.2) is 26.5 Å². The van der Waals surface area contributed by atoms with E-state index in [1.54, 1.807) is 6.92 Å². The highest BCUT2D eigenvalue weighted by molar-refractivity contribution is 6.69. The van der Waals surface area contributed by atoms with Gasteiger partial charge in [-0.25, -0.2) is 0 Å². The molecule has 0 radical (unpaired) electrons. The second-order valence-corrected chi connectivity index (χ2v) is 19.6. The van der Waals surface area contributed by atoms with Gasteiger partial charge in [-0.05, 0) is 105 Å². The highest BCUT2D eigenvalue weighted by Gasteiger charge is 2.61. The fraction of sp³-hybridized carbons (Fsp3) is 0.906. The van der Waals surface area contributed by atoms with Gasteiger partial charge in [0.15, 0.2) is 8.32 Å². The number of hydrogen-bond donors (Lipinski definition) is 0. The molecule has 0 aromatic heterocycles. The van der Waals surface area contributed by atoms with E-state index < -0.39 is 8.32 Å². The van der Waals surface area contributed by atoms with Gasteiger partial charge in [0, 0.05) is 13.3 Å². The molecule has 0 unspecified atom stereocenters. The van der Waals surface area contributed by atoms with Crippen LogP contribution in [0.4, 0.5) is 0 Å². The molecule has 3 fully saturated rings. The van der Waals surface area contributed by atoms with Gasteiger partial charge in [0.25, 0.3) is 0 Å². The fourth-order valence-electron chi connectivity index (χ4n) is 9.47. The number of carbonyl (C=O) groups excluding carboxylic acids is 1. The smallest absolute Gasteiger partial charge is 0.302 e. The van der Waals surface area contributed by atoms with Crippen molar-refractivity contribution in [2.45, 2.75) is 138 Å².